The first-order chi connectivity index (χ1) is 9.55. The fourth-order valence-electron chi connectivity index (χ4n) is 2.64. The summed E-state index contributed by atoms with van der Waals surface area (Å²) in [6.07, 6.45) is 3.01. The maximum absolute atomic E-state index is 12.8. The van der Waals surface area contributed by atoms with E-state index in [9.17, 15) is 8.42 Å². The molecule has 1 aliphatic rings. The smallest absolute Gasteiger partial charge is 0.245 e. The molecule has 0 amide bonds. The van der Waals surface area contributed by atoms with Gasteiger partial charge in [0.1, 0.15) is 4.90 Å². The molecule has 1 aliphatic heterocycles. The third-order valence-corrected chi connectivity index (χ3v) is 5.80. The molecule has 20 heavy (non-hydrogen) atoms. The molecule has 0 aromatic heterocycles. The van der Waals surface area contributed by atoms with Gasteiger partial charge in [0.15, 0.2) is 0 Å². The van der Waals surface area contributed by atoms with Crippen molar-refractivity contribution in [3.8, 4) is 0 Å². The van der Waals surface area contributed by atoms with E-state index < -0.39 is 10.0 Å². The normalized spacial score (nSPS) is 21.4. The summed E-state index contributed by atoms with van der Waals surface area (Å²) < 4.78 is 27.3. The van der Waals surface area contributed by atoms with Crippen LogP contribution < -0.4 is 5.32 Å². The van der Waals surface area contributed by atoms with Crippen LogP contribution in [0.5, 0.6) is 0 Å². The zero-order chi connectivity index (χ0) is 14.6. The molecule has 1 fully saturated rings. The van der Waals surface area contributed by atoms with Crippen molar-refractivity contribution in [3.63, 3.8) is 0 Å². The van der Waals surface area contributed by atoms with Gasteiger partial charge in [0.05, 0.1) is 5.69 Å². The molecule has 1 unspecified atom stereocenters. The number of nitrogens with one attached hydrogen (secondary N) is 1. The number of anilines is 1. The molecule has 1 saturated heterocycles. The first-order valence-electron chi connectivity index (χ1n) is 7.38. The molecule has 0 aliphatic carbocycles. The van der Waals surface area contributed by atoms with E-state index in [1.807, 2.05) is 19.1 Å². The van der Waals surface area contributed by atoms with Crippen LogP contribution in [-0.4, -0.2) is 32.4 Å². The van der Waals surface area contributed by atoms with Gasteiger partial charge in [0.25, 0.3) is 0 Å². The summed E-state index contributed by atoms with van der Waals surface area (Å²) in [4.78, 5) is 0.399. The van der Waals surface area contributed by atoms with E-state index >= 15 is 0 Å². The van der Waals surface area contributed by atoms with Gasteiger partial charge < -0.3 is 5.32 Å². The van der Waals surface area contributed by atoms with Gasteiger partial charge in [-0.25, -0.2) is 8.42 Å². The standard InChI is InChI=1S/C15H24N2O2S/c1-3-16-14-8-4-5-9-15(14)20(18,19)17-11-6-7-13(2)10-12-17/h4-5,8-9,13,16H,3,6-7,10-12H2,1-2H3. The summed E-state index contributed by atoms with van der Waals surface area (Å²) in [5.74, 6) is 0.610. The van der Waals surface area contributed by atoms with E-state index in [1.165, 1.54) is 0 Å². The molecular weight excluding hydrogens is 272 g/mol. The van der Waals surface area contributed by atoms with Crippen LogP contribution in [0.1, 0.15) is 33.1 Å². The second-order valence-electron chi connectivity index (χ2n) is 5.47. The van der Waals surface area contributed by atoms with Gasteiger partial charge in [0, 0.05) is 19.6 Å². The molecule has 1 aromatic rings. The minimum absolute atomic E-state index is 0.399. The zero-order valence-electron chi connectivity index (χ0n) is 12.3. The minimum Gasteiger partial charge on any atom is -0.384 e. The highest BCUT2D eigenvalue weighted by Gasteiger charge is 2.28. The van der Waals surface area contributed by atoms with Crippen LogP contribution in [0.3, 0.4) is 0 Å². The third-order valence-electron chi connectivity index (χ3n) is 3.85. The maximum atomic E-state index is 12.8. The predicted octanol–water partition coefficient (Wildman–Crippen LogP) is 2.93. The number of para-hydroxylation sites is 1. The van der Waals surface area contributed by atoms with Crippen LogP contribution in [0.25, 0.3) is 0 Å². The van der Waals surface area contributed by atoms with Crippen LogP contribution in [-0.2, 0) is 10.0 Å². The summed E-state index contributed by atoms with van der Waals surface area (Å²) in [7, 11) is -3.39. The van der Waals surface area contributed by atoms with E-state index in [-0.39, 0.29) is 0 Å². The molecule has 1 heterocycles. The second kappa shape index (κ2) is 6.59. The fraction of sp³-hybridized carbons (Fsp3) is 0.600. The lowest BCUT2D eigenvalue weighted by Crippen LogP contribution is -2.32. The molecule has 4 nitrogen and oxygen atoms in total. The lowest BCUT2D eigenvalue weighted by atomic mass is 10.0. The highest BCUT2D eigenvalue weighted by atomic mass is 32.2. The molecule has 112 valence electrons. The van der Waals surface area contributed by atoms with Crippen molar-refractivity contribution >= 4 is 15.7 Å². The zero-order valence-corrected chi connectivity index (χ0v) is 13.1. The number of rotatable bonds is 4. The van der Waals surface area contributed by atoms with E-state index in [2.05, 4.69) is 12.2 Å². The molecule has 1 N–H and O–H groups in total. The van der Waals surface area contributed by atoms with Gasteiger partial charge in [-0.2, -0.15) is 4.31 Å². The van der Waals surface area contributed by atoms with Crippen LogP contribution in [0, 0.1) is 5.92 Å². The summed E-state index contributed by atoms with van der Waals surface area (Å²) in [6.45, 7) is 6.14. The Morgan fingerprint density at radius 2 is 2.00 bits per heavy atom. The quantitative estimate of drug-likeness (QED) is 0.929. The SMILES string of the molecule is CCNc1ccccc1S(=O)(=O)N1CCCC(C)CC1. The van der Waals surface area contributed by atoms with Crippen molar-refractivity contribution in [3.05, 3.63) is 24.3 Å². The molecule has 1 atom stereocenters. The number of hydrogen-bond acceptors (Lipinski definition) is 3. The number of sulfonamides is 1. The average molecular weight is 296 g/mol. The maximum Gasteiger partial charge on any atom is 0.245 e. The Bertz CT molecular complexity index is 543. The van der Waals surface area contributed by atoms with E-state index in [0.717, 1.165) is 19.3 Å². The Labute approximate surface area is 122 Å². The molecular formula is C15H24N2O2S. The van der Waals surface area contributed by atoms with Crippen LogP contribution in [0.2, 0.25) is 0 Å². The monoisotopic (exact) mass is 296 g/mol. The number of hydrogen-bond donors (Lipinski definition) is 1. The predicted molar refractivity (Wildman–Crippen MR) is 82.4 cm³/mol. The number of nitrogens with zero attached hydrogens (tertiary/aromatic N) is 1. The highest BCUT2D eigenvalue weighted by Crippen LogP contribution is 2.27. The summed E-state index contributed by atoms with van der Waals surface area (Å²) in [6, 6.07) is 7.17. The Morgan fingerprint density at radius 1 is 1.25 bits per heavy atom. The van der Waals surface area contributed by atoms with E-state index in [0.29, 0.717) is 36.1 Å². The van der Waals surface area contributed by atoms with Crippen LogP contribution in [0.4, 0.5) is 5.69 Å². The first kappa shape index (κ1) is 15.3. The van der Waals surface area contributed by atoms with Gasteiger partial charge in [-0.15, -0.1) is 0 Å². The summed E-state index contributed by atoms with van der Waals surface area (Å²) >= 11 is 0. The molecule has 2 rings (SSSR count). The van der Waals surface area contributed by atoms with Gasteiger partial charge >= 0.3 is 0 Å². The second-order valence-corrected chi connectivity index (χ2v) is 7.37. The van der Waals surface area contributed by atoms with Crippen LogP contribution in [0.15, 0.2) is 29.2 Å². The largest absolute Gasteiger partial charge is 0.384 e. The Hall–Kier alpha value is -1.07. The molecule has 0 spiro atoms. The first-order valence-corrected chi connectivity index (χ1v) is 8.82. The molecule has 1 aromatic carbocycles. The van der Waals surface area contributed by atoms with E-state index in [4.69, 9.17) is 0 Å². The van der Waals surface area contributed by atoms with Gasteiger partial charge in [0.2, 0.25) is 10.0 Å². The summed E-state index contributed by atoms with van der Waals surface area (Å²) in [5.41, 5.74) is 0.701. The van der Waals surface area contributed by atoms with Crippen molar-refractivity contribution in [1.82, 2.24) is 4.31 Å². The highest BCUT2D eigenvalue weighted by molar-refractivity contribution is 7.89. The lowest BCUT2D eigenvalue weighted by molar-refractivity contribution is 0.417. The average Bonchev–Trinajstić information content (AvgIpc) is 2.65. The topological polar surface area (TPSA) is 49.4 Å². The van der Waals surface area contributed by atoms with Crippen molar-refractivity contribution < 1.29 is 8.42 Å². The lowest BCUT2D eigenvalue weighted by Gasteiger charge is -2.22. The minimum atomic E-state index is -3.39. The molecule has 0 saturated carbocycles. The van der Waals surface area contributed by atoms with Gasteiger partial charge in [-0.05, 0) is 44.2 Å². The van der Waals surface area contributed by atoms with Crippen molar-refractivity contribution in [1.29, 1.82) is 0 Å². The van der Waals surface area contributed by atoms with Gasteiger partial charge in [-0.1, -0.05) is 19.1 Å². The Morgan fingerprint density at radius 3 is 2.75 bits per heavy atom. The Kier molecular flexibility index (Phi) is 5.05. The van der Waals surface area contributed by atoms with Crippen molar-refractivity contribution in [2.75, 3.05) is 25.0 Å². The molecule has 5 heteroatoms. The third kappa shape index (κ3) is 3.33. The van der Waals surface area contributed by atoms with Gasteiger partial charge in [-0.3, -0.25) is 0 Å². The van der Waals surface area contributed by atoms with Crippen LogP contribution >= 0.6 is 0 Å². The summed E-state index contributed by atoms with van der Waals surface area (Å²) in [5, 5.41) is 3.14. The fourth-order valence-corrected chi connectivity index (χ4v) is 4.31. The number of benzene rings is 1. The molecule has 0 radical (unpaired) electrons. The van der Waals surface area contributed by atoms with Crippen molar-refractivity contribution in [2.24, 2.45) is 5.92 Å². The van der Waals surface area contributed by atoms with Crippen molar-refractivity contribution in [2.45, 2.75) is 38.0 Å². The van der Waals surface area contributed by atoms with E-state index in [1.54, 1.807) is 16.4 Å². The Balaban J connectivity index is 2.30. The molecule has 0 bridgehead atoms.